The van der Waals surface area contributed by atoms with Gasteiger partial charge >= 0.3 is 7.12 Å². The van der Waals surface area contributed by atoms with Crippen LogP contribution in [0.4, 0.5) is 0 Å². The van der Waals surface area contributed by atoms with Crippen LogP contribution in [0.3, 0.4) is 0 Å². The van der Waals surface area contributed by atoms with Crippen LogP contribution < -0.4 is 0 Å². The molecule has 0 N–H and O–H groups in total. The largest absolute Gasteiger partial charge is 0.461 e. The zero-order chi connectivity index (χ0) is 8.81. The molecule has 0 aliphatic carbocycles. The highest BCUT2D eigenvalue weighted by atomic mass is 16.6. The van der Waals surface area contributed by atoms with Crippen LogP contribution in [0, 0.1) is 0 Å². The number of hydrogen-bond donors (Lipinski definition) is 0. The Morgan fingerprint density at radius 1 is 1.58 bits per heavy atom. The number of rotatable bonds is 3. The van der Waals surface area contributed by atoms with E-state index >= 15 is 0 Å². The van der Waals surface area contributed by atoms with Gasteiger partial charge in [-0.2, -0.15) is 0 Å². The molecule has 64 valence electrons. The molecule has 1 saturated heterocycles. The van der Waals surface area contributed by atoms with Gasteiger partial charge in [0, 0.05) is 30.1 Å². The van der Waals surface area contributed by atoms with Gasteiger partial charge in [0.05, 0.1) is 0 Å². The van der Waals surface area contributed by atoms with Crippen molar-refractivity contribution in [1.82, 2.24) is 0 Å². The molecule has 6 heteroatoms. The molecule has 1 rings (SSSR count). The van der Waals surface area contributed by atoms with Crippen molar-refractivity contribution in [3.63, 3.8) is 0 Å². The van der Waals surface area contributed by atoms with Crippen LogP contribution >= 0.6 is 0 Å². The van der Waals surface area contributed by atoms with E-state index in [1.54, 1.807) is 0 Å². The lowest BCUT2D eigenvalue weighted by Gasteiger charge is -2.19. The maximum atomic E-state index is 8.08. The fraction of sp³-hybridized carbons (Fsp3) is 0.667. The molecule has 1 aliphatic rings. The highest BCUT2D eigenvalue weighted by Crippen LogP contribution is 2.11. The van der Waals surface area contributed by atoms with Crippen LogP contribution in [-0.4, -0.2) is 20.3 Å². The minimum atomic E-state index is -0.281. The zero-order valence-electron chi connectivity index (χ0n) is 6.77. The fourth-order valence-corrected chi connectivity index (χ4v) is 0.951. The van der Waals surface area contributed by atoms with E-state index in [0.717, 1.165) is 6.42 Å². The number of azide groups is 1. The van der Waals surface area contributed by atoms with Gasteiger partial charge < -0.3 is 9.31 Å². The van der Waals surface area contributed by atoms with E-state index in [2.05, 4.69) is 16.6 Å². The molecule has 1 aliphatic heterocycles. The Balaban J connectivity index is 2.29. The predicted octanol–water partition coefficient (Wildman–Crippen LogP) is 1.74. The SMILES string of the molecule is C=C(CB1OCCCO1)N=[N+]=[N-]. The highest BCUT2D eigenvalue weighted by molar-refractivity contribution is 6.45. The summed E-state index contributed by atoms with van der Waals surface area (Å²) in [4.78, 5) is 2.62. The first-order valence-electron chi connectivity index (χ1n) is 3.79. The van der Waals surface area contributed by atoms with Crippen molar-refractivity contribution in [1.29, 1.82) is 0 Å². The molecule has 0 spiro atoms. The summed E-state index contributed by atoms with van der Waals surface area (Å²) in [7, 11) is -0.281. The molecule has 0 bridgehead atoms. The zero-order valence-corrected chi connectivity index (χ0v) is 6.77. The van der Waals surface area contributed by atoms with Gasteiger partial charge in [-0.15, -0.1) is 0 Å². The van der Waals surface area contributed by atoms with E-state index < -0.39 is 0 Å². The maximum Gasteiger partial charge on any atom is 0.461 e. The summed E-state index contributed by atoms with van der Waals surface area (Å²) in [5.41, 5.74) is 8.53. The molecule has 0 aromatic heterocycles. The Morgan fingerprint density at radius 2 is 2.25 bits per heavy atom. The maximum absolute atomic E-state index is 8.08. The summed E-state index contributed by atoms with van der Waals surface area (Å²) in [6.07, 6.45) is 1.37. The van der Waals surface area contributed by atoms with Gasteiger partial charge in [0.2, 0.25) is 0 Å². The van der Waals surface area contributed by atoms with E-state index in [1.807, 2.05) is 0 Å². The average Bonchev–Trinajstić information content (AvgIpc) is 2.06. The topological polar surface area (TPSA) is 67.2 Å². The van der Waals surface area contributed by atoms with E-state index in [1.165, 1.54) is 0 Å². The van der Waals surface area contributed by atoms with Crippen molar-refractivity contribution in [2.24, 2.45) is 5.11 Å². The number of nitrogens with zero attached hydrogens (tertiary/aromatic N) is 3. The summed E-state index contributed by atoms with van der Waals surface area (Å²) in [5.74, 6) is 0. The van der Waals surface area contributed by atoms with Crippen LogP contribution in [0.15, 0.2) is 17.4 Å². The Labute approximate surface area is 71.1 Å². The molecule has 0 aromatic carbocycles. The molecule has 0 radical (unpaired) electrons. The quantitative estimate of drug-likeness (QED) is 0.278. The van der Waals surface area contributed by atoms with Crippen LogP contribution in [0.2, 0.25) is 6.32 Å². The molecule has 0 amide bonds. The number of hydrogen-bond acceptors (Lipinski definition) is 3. The Kier molecular flexibility index (Phi) is 3.67. The van der Waals surface area contributed by atoms with E-state index in [4.69, 9.17) is 14.8 Å². The predicted molar refractivity (Wildman–Crippen MR) is 45.4 cm³/mol. The Hall–Kier alpha value is -0.965. The van der Waals surface area contributed by atoms with Gasteiger partial charge in [0.1, 0.15) is 0 Å². The Bertz CT molecular complexity index is 209. The lowest BCUT2D eigenvalue weighted by atomic mass is 9.82. The fourth-order valence-electron chi connectivity index (χ4n) is 0.951. The normalized spacial score (nSPS) is 16.8. The van der Waals surface area contributed by atoms with Crippen molar-refractivity contribution in [2.75, 3.05) is 13.2 Å². The number of allylic oxidation sites excluding steroid dienone is 1. The monoisotopic (exact) mass is 167 g/mol. The standard InChI is InChI=1S/C6H10BN3O2/c1-6(9-10-8)5-7-11-3-2-4-12-7/h1-5H2. The van der Waals surface area contributed by atoms with Gasteiger partial charge in [-0.1, -0.05) is 11.7 Å². The van der Waals surface area contributed by atoms with Crippen LogP contribution in [0.25, 0.3) is 10.4 Å². The average molecular weight is 167 g/mol. The molecule has 1 fully saturated rings. The molecule has 1 heterocycles. The van der Waals surface area contributed by atoms with E-state index in [-0.39, 0.29) is 7.12 Å². The summed E-state index contributed by atoms with van der Waals surface area (Å²) in [6.45, 7) is 4.96. The van der Waals surface area contributed by atoms with Crippen molar-refractivity contribution in [2.45, 2.75) is 12.7 Å². The van der Waals surface area contributed by atoms with Gasteiger partial charge in [-0.3, -0.25) is 0 Å². The third-order valence-corrected chi connectivity index (χ3v) is 1.48. The molecule has 0 unspecified atom stereocenters. The van der Waals surface area contributed by atoms with Gasteiger partial charge in [0.15, 0.2) is 0 Å². The van der Waals surface area contributed by atoms with Gasteiger partial charge in [-0.05, 0) is 12.0 Å². The second-order valence-corrected chi connectivity index (χ2v) is 2.48. The lowest BCUT2D eigenvalue weighted by molar-refractivity contribution is 0.135. The van der Waals surface area contributed by atoms with Crippen LogP contribution in [-0.2, 0) is 9.31 Å². The lowest BCUT2D eigenvalue weighted by Crippen LogP contribution is -2.29. The molecular formula is C6H10BN3O2. The summed E-state index contributed by atoms with van der Waals surface area (Å²) in [5, 5.41) is 3.34. The van der Waals surface area contributed by atoms with Gasteiger partial charge in [-0.25, -0.2) is 0 Å². The van der Waals surface area contributed by atoms with Crippen molar-refractivity contribution < 1.29 is 9.31 Å². The molecule has 12 heavy (non-hydrogen) atoms. The first kappa shape index (κ1) is 9.13. The third-order valence-electron chi connectivity index (χ3n) is 1.48. The molecule has 5 nitrogen and oxygen atoms in total. The third kappa shape index (κ3) is 2.96. The second-order valence-electron chi connectivity index (χ2n) is 2.48. The minimum absolute atomic E-state index is 0.281. The Morgan fingerprint density at radius 3 is 2.83 bits per heavy atom. The first-order valence-corrected chi connectivity index (χ1v) is 3.79. The highest BCUT2D eigenvalue weighted by Gasteiger charge is 2.21. The molecule has 0 saturated carbocycles. The van der Waals surface area contributed by atoms with Crippen LogP contribution in [0.1, 0.15) is 6.42 Å². The smallest absolute Gasteiger partial charge is 0.411 e. The summed E-state index contributed by atoms with van der Waals surface area (Å²) >= 11 is 0. The summed E-state index contributed by atoms with van der Waals surface area (Å²) < 4.78 is 10.5. The minimum Gasteiger partial charge on any atom is -0.411 e. The van der Waals surface area contributed by atoms with Crippen LogP contribution in [0.5, 0.6) is 0 Å². The van der Waals surface area contributed by atoms with E-state index in [0.29, 0.717) is 25.2 Å². The van der Waals surface area contributed by atoms with Gasteiger partial charge in [0.25, 0.3) is 0 Å². The molecule has 0 aromatic rings. The van der Waals surface area contributed by atoms with Crippen molar-refractivity contribution in [3.8, 4) is 0 Å². The molecular weight excluding hydrogens is 157 g/mol. The van der Waals surface area contributed by atoms with Crippen molar-refractivity contribution >= 4 is 7.12 Å². The van der Waals surface area contributed by atoms with E-state index in [9.17, 15) is 0 Å². The second kappa shape index (κ2) is 4.82. The van der Waals surface area contributed by atoms with Crippen molar-refractivity contribution in [3.05, 3.63) is 22.7 Å². The summed E-state index contributed by atoms with van der Waals surface area (Å²) in [6, 6.07) is 0. The first-order chi connectivity index (χ1) is 5.83. The molecule has 0 atom stereocenters.